The van der Waals surface area contributed by atoms with Gasteiger partial charge in [-0.15, -0.1) is 0 Å². The van der Waals surface area contributed by atoms with Crippen LogP contribution in [0.25, 0.3) is 10.2 Å². The second-order valence-electron chi connectivity index (χ2n) is 4.37. The molecule has 0 bridgehead atoms. The van der Waals surface area contributed by atoms with E-state index in [2.05, 4.69) is 4.99 Å². The van der Waals surface area contributed by atoms with Crippen molar-refractivity contribution in [3.05, 3.63) is 56.0 Å². The number of nitrogens with zero attached hydrogens (tertiary/aromatic N) is 3. The molecule has 0 N–H and O–H groups in total. The molecule has 0 fully saturated rings. The minimum Gasteiger partial charge on any atom is -0.395 e. The fourth-order valence-electron chi connectivity index (χ4n) is 1.90. The Balaban J connectivity index is 2.05. The van der Waals surface area contributed by atoms with Crippen LogP contribution in [0, 0.1) is 10.1 Å². The number of aryl methyl sites for hydroxylation is 1. The summed E-state index contributed by atoms with van der Waals surface area (Å²) in [5, 5.41) is 11.1. The maximum absolute atomic E-state index is 12.0. The summed E-state index contributed by atoms with van der Waals surface area (Å²) in [6.07, 6.45) is 0. The van der Waals surface area contributed by atoms with Crippen molar-refractivity contribution in [3.63, 3.8) is 0 Å². The fraction of sp³-hybridized carbons (Fsp3) is 0.0769. The van der Waals surface area contributed by atoms with Gasteiger partial charge in [-0.25, -0.2) is 0 Å². The van der Waals surface area contributed by atoms with Crippen LogP contribution in [0.2, 0.25) is 5.02 Å². The van der Waals surface area contributed by atoms with Gasteiger partial charge < -0.3 is 8.98 Å². The average Bonchev–Trinajstić information content (AvgIpc) is 3.05. The normalized spacial score (nSPS) is 12.0. The Morgan fingerprint density at radius 2 is 2.18 bits per heavy atom. The highest BCUT2D eigenvalue weighted by atomic mass is 35.5. The van der Waals surface area contributed by atoms with E-state index in [0.717, 1.165) is 16.3 Å². The lowest BCUT2D eigenvalue weighted by molar-refractivity contribution is -0.402. The zero-order valence-corrected chi connectivity index (χ0v) is 12.7. The molecule has 0 aliphatic heterocycles. The van der Waals surface area contributed by atoms with Gasteiger partial charge in [0, 0.05) is 12.1 Å². The zero-order chi connectivity index (χ0) is 15.9. The molecule has 0 atom stereocenters. The number of hydrogen-bond acceptors (Lipinski definition) is 5. The minimum atomic E-state index is -0.710. The molecule has 3 aromatic rings. The van der Waals surface area contributed by atoms with Crippen molar-refractivity contribution in [1.82, 2.24) is 4.57 Å². The Kier molecular flexibility index (Phi) is 3.55. The van der Waals surface area contributed by atoms with Gasteiger partial charge in [-0.3, -0.25) is 14.9 Å². The quantitative estimate of drug-likeness (QED) is 0.530. The summed E-state index contributed by atoms with van der Waals surface area (Å²) in [6.45, 7) is 0. The maximum atomic E-state index is 12.0. The first-order valence-corrected chi connectivity index (χ1v) is 7.23. The monoisotopic (exact) mass is 337 g/mol. The lowest BCUT2D eigenvalue weighted by Gasteiger charge is -1.94. The molecule has 1 aromatic carbocycles. The minimum absolute atomic E-state index is 0.179. The van der Waals surface area contributed by atoms with Gasteiger partial charge in [0.2, 0.25) is 5.76 Å². The van der Waals surface area contributed by atoms with Crippen LogP contribution in [0.5, 0.6) is 0 Å². The van der Waals surface area contributed by atoms with Crippen molar-refractivity contribution in [2.75, 3.05) is 0 Å². The van der Waals surface area contributed by atoms with E-state index in [-0.39, 0.29) is 5.76 Å². The number of aromatic nitrogens is 1. The van der Waals surface area contributed by atoms with Crippen LogP contribution in [0.3, 0.4) is 0 Å². The molecule has 9 heteroatoms. The Bertz CT molecular complexity index is 969. The maximum Gasteiger partial charge on any atom is 0.433 e. The van der Waals surface area contributed by atoms with Crippen molar-refractivity contribution in [2.24, 2.45) is 12.0 Å². The van der Waals surface area contributed by atoms with E-state index < -0.39 is 16.7 Å². The summed E-state index contributed by atoms with van der Waals surface area (Å²) in [4.78, 5) is 26.3. The van der Waals surface area contributed by atoms with E-state index in [1.165, 1.54) is 17.4 Å². The number of fused-ring (bicyclic) bond motifs is 1. The average molecular weight is 338 g/mol. The predicted molar refractivity (Wildman–Crippen MR) is 81.1 cm³/mol. The Labute approximate surface area is 132 Å². The number of carbonyl (C=O) groups is 1. The van der Waals surface area contributed by atoms with Gasteiger partial charge in [0.25, 0.3) is 0 Å². The summed E-state index contributed by atoms with van der Waals surface area (Å²) < 4.78 is 7.47. The van der Waals surface area contributed by atoms with E-state index in [0.29, 0.717) is 9.82 Å². The first-order valence-electron chi connectivity index (χ1n) is 6.04. The molecule has 0 unspecified atom stereocenters. The summed E-state index contributed by atoms with van der Waals surface area (Å²) in [6, 6.07) is 7.71. The highest BCUT2D eigenvalue weighted by Gasteiger charge is 2.17. The molecule has 0 aliphatic rings. The summed E-state index contributed by atoms with van der Waals surface area (Å²) in [5.41, 5.74) is 0.881. The first kappa shape index (κ1) is 14.5. The molecule has 0 spiro atoms. The first-order chi connectivity index (χ1) is 10.5. The van der Waals surface area contributed by atoms with Gasteiger partial charge in [0.05, 0.1) is 16.3 Å². The van der Waals surface area contributed by atoms with Crippen molar-refractivity contribution < 1.29 is 14.1 Å². The number of halogens is 1. The van der Waals surface area contributed by atoms with Crippen LogP contribution in [-0.4, -0.2) is 15.4 Å². The van der Waals surface area contributed by atoms with Crippen molar-refractivity contribution in [1.29, 1.82) is 0 Å². The number of carbonyl (C=O) groups excluding carboxylic acids is 1. The van der Waals surface area contributed by atoms with Crippen LogP contribution >= 0.6 is 22.9 Å². The van der Waals surface area contributed by atoms with Crippen LogP contribution < -0.4 is 4.80 Å². The van der Waals surface area contributed by atoms with E-state index >= 15 is 0 Å². The largest absolute Gasteiger partial charge is 0.433 e. The van der Waals surface area contributed by atoms with Crippen LogP contribution in [-0.2, 0) is 7.05 Å². The molecule has 112 valence electrons. The van der Waals surface area contributed by atoms with Gasteiger partial charge in [0.15, 0.2) is 4.80 Å². The highest BCUT2D eigenvalue weighted by molar-refractivity contribution is 7.16. The number of benzene rings is 1. The summed E-state index contributed by atoms with van der Waals surface area (Å²) in [5.74, 6) is -1.35. The van der Waals surface area contributed by atoms with Crippen molar-refractivity contribution >= 4 is 44.9 Å². The molecule has 0 radical (unpaired) electrons. The number of amides is 1. The SMILES string of the molecule is Cn1c(=NC(=O)c2ccc([N+](=O)[O-])o2)sc2cc(Cl)ccc21. The number of nitro groups is 1. The van der Waals surface area contributed by atoms with Gasteiger partial charge >= 0.3 is 11.8 Å². The van der Waals surface area contributed by atoms with Crippen LogP contribution in [0.15, 0.2) is 39.7 Å². The third kappa shape index (κ3) is 2.53. The van der Waals surface area contributed by atoms with E-state index in [1.54, 1.807) is 23.7 Å². The highest BCUT2D eigenvalue weighted by Crippen LogP contribution is 2.21. The van der Waals surface area contributed by atoms with Gasteiger partial charge in [-0.2, -0.15) is 4.99 Å². The van der Waals surface area contributed by atoms with Crippen LogP contribution in [0.4, 0.5) is 5.88 Å². The van der Waals surface area contributed by atoms with Crippen molar-refractivity contribution in [3.8, 4) is 0 Å². The molecule has 7 nitrogen and oxygen atoms in total. The van der Waals surface area contributed by atoms with Crippen LogP contribution in [0.1, 0.15) is 10.6 Å². The van der Waals surface area contributed by atoms with E-state index in [1.807, 2.05) is 6.07 Å². The van der Waals surface area contributed by atoms with Gasteiger partial charge in [-0.05, 0) is 24.3 Å². The molecule has 0 saturated carbocycles. The number of furan rings is 1. The molecule has 22 heavy (non-hydrogen) atoms. The van der Waals surface area contributed by atoms with E-state index in [9.17, 15) is 14.9 Å². The fourth-order valence-corrected chi connectivity index (χ4v) is 3.19. The molecular weight excluding hydrogens is 330 g/mol. The Hall–Kier alpha value is -2.45. The number of rotatable bonds is 2. The van der Waals surface area contributed by atoms with E-state index in [4.69, 9.17) is 16.0 Å². The second kappa shape index (κ2) is 5.39. The molecule has 2 aromatic heterocycles. The molecule has 0 saturated heterocycles. The lowest BCUT2D eigenvalue weighted by Crippen LogP contribution is -2.12. The third-order valence-corrected chi connectivity index (χ3v) is 4.28. The van der Waals surface area contributed by atoms with Crippen molar-refractivity contribution in [2.45, 2.75) is 0 Å². The molecule has 0 aliphatic carbocycles. The third-order valence-electron chi connectivity index (χ3n) is 2.95. The standard InChI is InChI=1S/C13H8ClN3O4S/c1-16-8-3-2-7(14)6-10(8)22-13(16)15-12(18)9-4-5-11(21-9)17(19)20/h2-6H,1H3. The molecular formula is C13H8ClN3O4S. The lowest BCUT2D eigenvalue weighted by atomic mass is 10.3. The van der Waals surface area contributed by atoms with Gasteiger partial charge in [-0.1, -0.05) is 22.9 Å². The topological polar surface area (TPSA) is 90.6 Å². The van der Waals surface area contributed by atoms with Gasteiger partial charge in [0.1, 0.15) is 4.92 Å². The Morgan fingerprint density at radius 3 is 2.86 bits per heavy atom. The zero-order valence-electron chi connectivity index (χ0n) is 11.1. The second-order valence-corrected chi connectivity index (χ2v) is 5.81. The molecule has 1 amide bonds. The number of hydrogen-bond donors (Lipinski definition) is 0. The number of thiazole rings is 1. The molecule has 3 rings (SSSR count). The summed E-state index contributed by atoms with van der Waals surface area (Å²) >= 11 is 7.22. The smallest absolute Gasteiger partial charge is 0.395 e. The molecule has 2 heterocycles. The Morgan fingerprint density at radius 1 is 1.41 bits per heavy atom. The summed E-state index contributed by atoms with van der Waals surface area (Å²) in [7, 11) is 1.77. The predicted octanol–water partition coefficient (Wildman–Crippen LogP) is 3.14.